The van der Waals surface area contributed by atoms with Gasteiger partial charge in [-0.25, -0.2) is 0 Å². The molecule has 0 aromatic carbocycles. The molecule has 0 unspecified atom stereocenters. The van der Waals surface area contributed by atoms with E-state index in [1.807, 2.05) is 0 Å². The third-order valence-electron chi connectivity index (χ3n) is 2.63. The number of unbranched alkanes of at least 4 members (excludes halogenated alkanes) is 4. The fraction of sp³-hybridized carbons (Fsp3) is 0.909. The van der Waals surface area contributed by atoms with Crippen molar-refractivity contribution in [3.05, 3.63) is 6.92 Å². The van der Waals surface area contributed by atoms with Gasteiger partial charge in [0, 0.05) is 8.07 Å². The first kappa shape index (κ1) is 12.2. The molecular weight excluding hydrogens is 160 g/mol. The largest absolute Gasteiger partial charge is 0.0693 e. The lowest BCUT2D eigenvalue weighted by Gasteiger charge is -2.19. The lowest BCUT2D eigenvalue weighted by atomic mass is 10.2. The lowest BCUT2D eigenvalue weighted by molar-refractivity contribution is 0.652. The highest BCUT2D eigenvalue weighted by Crippen LogP contribution is 2.18. The lowest BCUT2D eigenvalue weighted by Crippen LogP contribution is -2.23. The standard InChI is InChI=1S/C11H25Si/c1-5-7-8-9-10-11-12(3,4)6-2/h2,5-11H2,1,3-4H3. The first-order chi connectivity index (χ1) is 5.62. The van der Waals surface area contributed by atoms with Crippen molar-refractivity contribution >= 4 is 8.07 Å². The summed E-state index contributed by atoms with van der Waals surface area (Å²) in [4.78, 5) is 0. The highest BCUT2D eigenvalue weighted by atomic mass is 28.3. The quantitative estimate of drug-likeness (QED) is 0.405. The van der Waals surface area contributed by atoms with E-state index in [1.165, 1.54) is 44.2 Å². The van der Waals surface area contributed by atoms with E-state index in [-0.39, 0.29) is 0 Å². The zero-order valence-corrected chi connectivity index (χ0v) is 10.2. The van der Waals surface area contributed by atoms with Crippen molar-refractivity contribution in [2.24, 2.45) is 0 Å². The fourth-order valence-corrected chi connectivity index (χ4v) is 2.79. The summed E-state index contributed by atoms with van der Waals surface area (Å²) in [5.41, 5.74) is 0. The van der Waals surface area contributed by atoms with Crippen LogP contribution in [0.1, 0.15) is 39.0 Å². The monoisotopic (exact) mass is 185 g/mol. The minimum Gasteiger partial charge on any atom is -0.0693 e. The molecule has 73 valence electrons. The van der Waals surface area contributed by atoms with E-state index in [9.17, 15) is 0 Å². The topological polar surface area (TPSA) is 0 Å². The zero-order valence-electron chi connectivity index (χ0n) is 9.16. The summed E-state index contributed by atoms with van der Waals surface area (Å²) < 4.78 is 0. The molecule has 0 N–H and O–H groups in total. The van der Waals surface area contributed by atoms with E-state index in [2.05, 4.69) is 26.9 Å². The van der Waals surface area contributed by atoms with Crippen molar-refractivity contribution < 1.29 is 0 Å². The maximum absolute atomic E-state index is 4.03. The number of rotatable bonds is 7. The first-order valence-corrected chi connectivity index (χ1v) is 8.83. The van der Waals surface area contributed by atoms with Gasteiger partial charge in [-0.15, -0.1) is 0 Å². The molecule has 0 aliphatic rings. The maximum Gasteiger partial charge on any atom is 0.0473 e. The molecule has 0 rings (SSSR count). The van der Waals surface area contributed by atoms with Crippen LogP contribution in [0.2, 0.25) is 25.2 Å². The van der Waals surface area contributed by atoms with E-state index in [1.54, 1.807) is 0 Å². The van der Waals surface area contributed by atoms with Gasteiger partial charge >= 0.3 is 0 Å². The molecular formula is C11H25Si. The van der Waals surface area contributed by atoms with Crippen LogP contribution < -0.4 is 0 Å². The second-order valence-electron chi connectivity index (χ2n) is 4.58. The molecule has 0 saturated carbocycles. The predicted molar refractivity (Wildman–Crippen MR) is 61.2 cm³/mol. The molecule has 1 heteroatoms. The highest BCUT2D eigenvalue weighted by molar-refractivity contribution is 6.77. The molecule has 0 saturated heterocycles. The van der Waals surface area contributed by atoms with Gasteiger partial charge in [0.1, 0.15) is 0 Å². The molecule has 0 bridgehead atoms. The minimum atomic E-state index is -0.849. The summed E-state index contributed by atoms with van der Waals surface area (Å²) in [7, 11) is -0.849. The third kappa shape index (κ3) is 6.90. The molecule has 0 nitrogen and oxygen atoms in total. The Morgan fingerprint density at radius 1 is 1.00 bits per heavy atom. The molecule has 0 spiro atoms. The Bertz CT molecular complexity index is 97.2. The zero-order chi connectivity index (χ0) is 9.45. The van der Waals surface area contributed by atoms with Crippen molar-refractivity contribution in [2.75, 3.05) is 0 Å². The van der Waals surface area contributed by atoms with Gasteiger partial charge in [0.05, 0.1) is 0 Å². The van der Waals surface area contributed by atoms with E-state index < -0.39 is 8.07 Å². The van der Waals surface area contributed by atoms with Gasteiger partial charge in [-0.3, -0.25) is 0 Å². The fourth-order valence-electron chi connectivity index (χ4n) is 1.33. The molecule has 0 atom stereocenters. The van der Waals surface area contributed by atoms with E-state index >= 15 is 0 Å². The van der Waals surface area contributed by atoms with Crippen molar-refractivity contribution in [3.63, 3.8) is 0 Å². The van der Waals surface area contributed by atoms with E-state index in [4.69, 9.17) is 0 Å². The first-order valence-electron chi connectivity index (χ1n) is 5.41. The van der Waals surface area contributed by atoms with Gasteiger partial charge in [0.15, 0.2) is 0 Å². The molecule has 0 aromatic heterocycles. The van der Waals surface area contributed by atoms with Crippen LogP contribution in [0.15, 0.2) is 0 Å². The second-order valence-corrected chi connectivity index (χ2v) is 9.91. The third-order valence-corrected chi connectivity index (χ3v) is 5.69. The van der Waals surface area contributed by atoms with Gasteiger partial charge in [-0.1, -0.05) is 71.1 Å². The summed E-state index contributed by atoms with van der Waals surface area (Å²) >= 11 is 0. The summed E-state index contributed by atoms with van der Waals surface area (Å²) in [5, 5.41) is 0. The Morgan fingerprint density at radius 2 is 1.58 bits per heavy atom. The molecule has 12 heavy (non-hydrogen) atoms. The van der Waals surface area contributed by atoms with Gasteiger partial charge in [-0.05, 0) is 0 Å². The van der Waals surface area contributed by atoms with E-state index in [0.717, 1.165) is 0 Å². The SMILES string of the molecule is [CH2]C[Si](C)(C)CCCCCCC. The Labute approximate surface area is 79.8 Å². The summed E-state index contributed by atoms with van der Waals surface area (Å²) in [6.45, 7) is 11.2. The van der Waals surface area contributed by atoms with Crippen molar-refractivity contribution in [2.45, 2.75) is 64.2 Å². The predicted octanol–water partition coefficient (Wildman–Crippen LogP) is 4.50. The average molecular weight is 185 g/mol. The van der Waals surface area contributed by atoms with Crippen LogP contribution in [0.4, 0.5) is 0 Å². The molecule has 0 aromatic rings. The molecule has 0 amide bonds. The maximum atomic E-state index is 4.03. The number of hydrogen-bond acceptors (Lipinski definition) is 0. The molecule has 0 aliphatic carbocycles. The normalized spacial score (nSPS) is 12.0. The molecule has 1 radical (unpaired) electrons. The van der Waals surface area contributed by atoms with Crippen LogP contribution in [0.5, 0.6) is 0 Å². The smallest absolute Gasteiger partial charge is 0.0473 e. The van der Waals surface area contributed by atoms with Crippen molar-refractivity contribution in [1.82, 2.24) is 0 Å². The van der Waals surface area contributed by atoms with Crippen molar-refractivity contribution in [3.8, 4) is 0 Å². The van der Waals surface area contributed by atoms with Gasteiger partial charge in [-0.2, -0.15) is 0 Å². The molecule has 0 aliphatic heterocycles. The van der Waals surface area contributed by atoms with Crippen LogP contribution in [0.25, 0.3) is 0 Å². The Kier molecular flexibility index (Phi) is 6.82. The minimum absolute atomic E-state index is 0.849. The highest BCUT2D eigenvalue weighted by Gasteiger charge is 2.16. The summed E-state index contributed by atoms with van der Waals surface area (Å²) in [5.74, 6) is 0. The summed E-state index contributed by atoms with van der Waals surface area (Å²) in [6.07, 6.45) is 7.12. The van der Waals surface area contributed by atoms with Gasteiger partial charge in [0.2, 0.25) is 0 Å². The van der Waals surface area contributed by atoms with Gasteiger partial charge < -0.3 is 0 Å². The molecule has 0 heterocycles. The number of hydrogen-bond donors (Lipinski definition) is 0. The van der Waals surface area contributed by atoms with E-state index in [0.29, 0.717) is 0 Å². The van der Waals surface area contributed by atoms with Crippen LogP contribution in [0, 0.1) is 6.92 Å². The second kappa shape index (κ2) is 6.70. The van der Waals surface area contributed by atoms with Crippen LogP contribution in [0.3, 0.4) is 0 Å². The van der Waals surface area contributed by atoms with Crippen LogP contribution in [-0.2, 0) is 0 Å². The van der Waals surface area contributed by atoms with Crippen LogP contribution in [-0.4, -0.2) is 8.07 Å². The molecule has 0 fully saturated rings. The average Bonchev–Trinajstić information content (AvgIpc) is 2.04. The Morgan fingerprint density at radius 3 is 2.08 bits per heavy atom. The van der Waals surface area contributed by atoms with Crippen LogP contribution >= 0.6 is 0 Å². The Hall–Kier alpha value is 0.217. The summed E-state index contributed by atoms with van der Waals surface area (Å²) in [6, 6.07) is 2.70. The van der Waals surface area contributed by atoms with Gasteiger partial charge in [0.25, 0.3) is 0 Å². The van der Waals surface area contributed by atoms with Crippen molar-refractivity contribution in [1.29, 1.82) is 0 Å². The Balaban J connectivity index is 3.19.